The Labute approximate surface area is 491 Å². The molecule has 2 aromatic rings. The molecule has 3 aliphatic heterocycles. The fourth-order valence-electron chi connectivity index (χ4n) is 11.1. The second-order valence-electron chi connectivity index (χ2n) is 23.2. The summed E-state index contributed by atoms with van der Waals surface area (Å²) in [6.45, 7) is 6.90. The zero-order valence-electron chi connectivity index (χ0n) is 48.9. The zero-order chi connectivity index (χ0) is 61.6. The summed E-state index contributed by atoms with van der Waals surface area (Å²) >= 11 is 0. The summed E-state index contributed by atoms with van der Waals surface area (Å²) in [5.74, 6) is -7.56. The molecule has 84 heavy (non-hydrogen) atoms. The van der Waals surface area contributed by atoms with Gasteiger partial charge >= 0.3 is 0 Å². The van der Waals surface area contributed by atoms with Gasteiger partial charge in [0.1, 0.15) is 48.1 Å². The average Bonchev–Trinajstić information content (AvgIpc) is 2.97. The molecule has 3 saturated heterocycles. The van der Waals surface area contributed by atoms with Crippen LogP contribution in [0.5, 0.6) is 5.75 Å². The van der Waals surface area contributed by atoms with Crippen LogP contribution in [-0.2, 0) is 55.9 Å². The second kappa shape index (κ2) is 34.0. The smallest absolute Gasteiger partial charge is 0.248 e. The van der Waals surface area contributed by atoms with Crippen molar-refractivity contribution in [3.8, 4) is 5.75 Å². The Bertz CT molecular complexity index is 2460. The standard InChI is InChI=1S/C59H91N9O16/c1-5-34(2)28-35(3)14-10-8-6-7-9-11-16-48(77)62-41-31-46(75)57(84-27-13-12-15-37-21-24-61-25-22-37)66-56(81)52-43(72)23-26-67(52)59(83)51(45(74)32-47(60)76)65-55(80)50(44(73)29-38-17-19-39(70)20-18-38)64-54(79)42-30-40(71)33-68(42)58(82)49(36(4)69)63-53(41)78/h17-22,24-25,34-36,40-46,49-52,57,69-75H,5-16,23,26-33H2,1-4H3,(H2,60,76)(H,62,77)(H,63,78)(H,64,79)(H,65,80)(H,66,81)/t34-,35+,36+,40+,41-,42-,43-,44+,45+,46+,49-,50-,51-,52-,57?/m0/s1. The minimum absolute atomic E-state index is 0.0399. The van der Waals surface area contributed by atoms with Crippen LogP contribution < -0.4 is 32.3 Å². The molecule has 8 amide bonds. The summed E-state index contributed by atoms with van der Waals surface area (Å²) in [4.78, 5) is 119. The quantitative estimate of drug-likeness (QED) is 0.0534. The van der Waals surface area contributed by atoms with Crippen molar-refractivity contribution >= 4 is 47.3 Å². The van der Waals surface area contributed by atoms with Crippen molar-refractivity contribution in [2.75, 3.05) is 19.7 Å². The van der Waals surface area contributed by atoms with Gasteiger partial charge in [0.05, 0.1) is 36.9 Å². The van der Waals surface area contributed by atoms with E-state index in [1.165, 1.54) is 37.6 Å². The van der Waals surface area contributed by atoms with Crippen LogP contribution in [0.25, 0.3) is 0 Å². The van der Waals surface area contributed by atoms with E-state index in [0.29, 0.717) is 49.5 Å². The first-order valence-corrected chi connectivity index (χ1v) is 29.7. The first kappa shape index (κ1) is 68.4. The van der Waals surface area contributed by atoms with Crippen molar-refractivity contribution in [1.29, 1.82) is 0 Å². The molecule has 0 spiro atoms. The number of aromatic nitrogens is 1. The summed E-state index contributed by atoms with van der Waals surface area (Å²) < 4.78 is 6.11. The molecule has 3 fully saturated rings. The number of pyridine rings is 1. The normalized spacial score (nSPS) is 26.7. The first-order chi connectivity index (χ1) is 40.0. The number of nitrogens with zero attached hydrogens (tertiary/aromatic N) is 3. The summed E-state index contributed by atoms with van der Waals surface area (Å²) in [5.41, 5.74) is 6.75. The number of carbonyl (C=O) groups is 8. The predicted octanol–water partition coefficient (Wildman–Crippen LogP) is -0.390. The molecule has 0 bridgehead atoms. The van der Waals surface area contributed by atoms with E-state index in [1.54, 1.807) is 12.4 Å². The van der Waals surface area contributed by atoms with Crippen molar-refractivity contribution in [3.63, 3.8) is 0 Å². The highest BCUT2D eigenvalue weighted by molar-refractivity contribution is 5.98. The minimum atomic E-state index is -2.16. The van der Waals surface area contributed by atoms with Gasteiger partial charge in [0, 0.05) is 57.8 Å². The summed E-state index contributed by atoms with van der Waals surface area (Å²) in [6.07, 6.45) is -1.65. The molecule has 3 aliphatic rings. The van der Waals surface area contributed by atoms with Gasteiger partial charge in [-0.05, 0) is 92.7 Å². The van der Waals surface area contributed by atoms with E-state index < -0.39 is 159 Å². The predicted molar refractivity (Wildman–Crippen MR) is 305 cm³/mol. The Morgan fingerprint density at radius 2 is 1.36 bits per heavy atom. The van der Waals surface area contributed by atoms with Crippen LogP contribution in [0.4, 0.5) is 0 Å². The van der Waals surface area contributed by atoms with Gasteiger partial charge in [0.25, 0.3) is 0 Å². The number of rotatable bonds is 26. The van der Waals surface area contributed by atoms with Gasteiger partial charge in [-0.25, -0.2) is 0 Å². The Hall–Kier alpha value is -6.35. The third-order valence-corrected chi connectivity index (χ3v) is 16.1. The first-order valence-electron chi connectivity index (χ1n) is 29.7. The molecule has 468 valence electrons. The lowest BCUT2D eigenvalue weighted by Crippen LogP contribution is -2.64. The lowest BCUT2D eigenvalue weighted by atomic mass is 9.91. The third-order valence-electron chi connectivity index (χ3n) is 16.1. The van der Waals surface area contributed by atoms with E-state index in [2.05, 4.69) is 52.3 Å². The van der Waals surface area contributed by atoms with Gasteiger partial charge in [0.15, 0.2) is 6.23 Å². The van der Waals surface area contributed by atoms with Crippen LogP contribution in [0.1, 0.15) is 142 Å². The molecule has 25 heteroatoms. The number of aromatic hydroxyl groups is 1. The maximum atomic E-state index is 14.7. The molecule has 1 aromatic heterocycles. The van der Waals surface area contributed by atoms with Gasteiger partial charge in [0.2, 0.25) is 47.3 Å². The molecule has 14 N–H and O–H groups in total. The van der Waals surface area contributed by atoms with Crippen LogP contribution in [0, 0.1) is 11.8 Å². The Morgan fingerprint density at radius 1 is 0.714 bits per heavy atom. The van der Waals surface area contributed by atoms with Gasteiger partial charge < -0.3 is 82.6 Å². The van der Waals surface area contributed by atoms with Crippen LogP contribution >= 0.6 is 0 Å². The fraction of sp³-hybridized carbons (Fsp3) is 0.678. The molecular weight excluding hydrogens is 1090 g/mol. The number of nitrogens with one attached hydrogen (secondary N) is 5. The monoisotopic (exact) mass is 1180 g/mol. The number of hydrogen-bond acceptors (Lipinski definition) is 17. The maximum Gasteiger partial charge on any atom is 0.248 e. The largest absolute Gasteiger partial charge is 0.508 e. The van der Waals surface area contributed by atoms with Crippen molar-refractivity contribution in [2.45, 2.75) is 222 Å². The van der Waals surface area contributed by atoms with Crippen LogP contribution in [-0.4, -0.2) is 197 Å². The molecule has 15 atom stereocenters. The van der Waals surface area contributed by atoms with Crippen LogP contribution in [0.3, 0.4) is 0 Å². The van der Waals surface area contributed by atoms with E-state index in [4.69, 9.17) is 10.5 Å². The molecule has 1 unspecified atom stereocenters. The van der Waals surface area contributed by atoms with Gasteiger partial charge in [-0.3, -0.25) is 43.3 Å². The number of phenols is 1. The highest BCUT2D eigenvalue weighted by Gasteiger charge is 2.49. The number of unbranched alkanes of at least 4 members (excludes halogenated alkanes) is 6. The lowest BCUT2D eigenvalue weighted by molar-refractivity contribution is -0.150. The second-order valence-corrected chi connectivity index (χ2v) is 23.2. The molecule has 0 radical (unpaired) electrons. The highest BCUT2D eigenvalue weighted by Crippen LogP contribution is 2.26. The van der Waals surface area contributed by atoms with Crippen LogP contribution in [0.15, 0.2) is 48.8 Å². The number of amides is 8. The molecule has 4 heterocycles. The number of primary amides is 1. The van der Waals surface area contributed by atoms with Crippen molar-refractivity contribution in [3.05, 3.63) is 59.9 Å². The van der Waals surface area contributed by atoms with E-state index >= 15 is 0 Å². The summed E-state index contributed by atoms with van der Waals surface area (Å²) in [7, 11) is 0. The molecule has 5 rings (SSSR count). The number of carbonyl (C=O) groups excluding carboxylic acids is 8. The third kappa shape index (κ3) is 21.0. The highest BCUT2D eigenvalue weighted by atomic mass is 16.5. The van der Waals surface area contributed by atoms with Crippen molar-refractivity contribution in [1.82, 2.24) is 41.4 Å². The van der Waals surface area contributed by atoms with E-state index in [-0.39, 0.29) is 31.7 Å². The molecule has 0 saturated carbocycles. The number of hydrogen-bond donors (Lipinski definition) is 13. The SMILES string of the molecule is CC[C@H](C)C[C@H](C)CCCCCCCCC(=O)N[C@H]1C[C@@H](O)C(OCCCCc2ccncc2)NC(=O)[C@@H]2[C@@H](O)CCN2C(=O)[C@H]([C@H](O)CC(N)=O)NC(=O)[C@H]([C@H](O)Cc2ccc(O)cc2)NC(=O)[C@@H]2C[C@@H](O)CN2C(=O)[C@H]([C@@H](C)O)NC1=O. The van der Waals surface area contributed by atoms with E-state index in [1.807, 2.05) is 12.1 Å². The fourth-order valence-corrected chi connectivity index (χ4v) is 11.1. The Balaban J connectivity index is 1.51. The number of ether oxygens (including phenoxy) is 1. The molecule has 0 aliphatic carbocycles. The number of phenolic OH excluding ortho intramolecular Hbond substituents is 1. The number of aryl methyl sites for hydroxylation is 1. The van der Waals surface area contributed by atoms with Crippen LogP contribution in [0.2, 0.25) is 0 Å². The van der Waals surface area contributed by atoms with Crippen molar-refractivity contribution in [2.24, 2.45) is 17.6 Å². The maximum absolute atomic E-state index is 14.7. The number of benzene rings is 1. The average molecular weight is 1180 g/mol. The number of aliphatic hydroxyl groups excluding tert-OH is 6. The molecule has 25 nitrogen and oxygen atoms in total. The number of nitrogens with two attached hydrogens (primary N) is 1. The Kier molecular flexibility index (Phi) is 27.7. The lowest BCUT2D eigenvalue weighted by Gasteiger charge is -2.34. The number of fused-ring (bicyclic) bond motifs is 2. The summed E-state index contributed by atoms with van der Waals surface area (Å²) in [5, 5.41) is 91.1. The van der Waals surface area contributed by atoms with E-state index in [9.17, 15) is 74.1 Å². The molecule has 1 aromatic carbocycles. The summed E-state index contributed by atoms with van der Waals surface area (Å²) in [6, 6.07) is -2.17. The number of aliphatic hydroxyl groups is 6. The van der Waals surface area contributed by atoms with Gasteiger partial charge in [-0.2, -0.15) is 0 Å². The molecular formula is C59H91N9O16. The van der Waals surface area contributed by atoms with Crippen molar-refractivity contribution < 1.29 is 78.8 Å². The topological polar surface area (TPSA) is 393 Å². The van der Waals surface area contributed by atoms with Gasteiger partial charge in [-0.15, -0.1) is 0 Å². The van der Waals surface area contributed by atoms with Gasteiger partial charge in [-0.1, -0.05) is 77.8 Å². The zero-order valence-corrected chi connectivity index (χ0v) is 48.9. The minimum Gasteiger partial charge on any atom is -0.508 e. The Morgan fingerprint density at radius 3 is 2.02 bits per heavy atom. The van der Waals surface area contributed by atoms with E-state index in [0.717, 1.165) is 53.9 Å².